The van der Waals surface area contributed by atoms with Gasteiger partial charge in [0, 0.05) is 39.4 Å². The number of amides is 1. The fraction of sp³-hybridized carbons (Fsp3) is 0.765. The molecular formula is C17H30N4O2. The number of ether oxygens (including phenoxy) is 1. The van der Waals surface area contributed by atoms with Gasteiger partial charge in [0.05, 0.1) is 5.69 Å². The van der Waals surface area contributed by atoms with Crippen LogP contribution >= 0.6 is 0 Å². The van der Waals surface area contributed by atoms with Crippen molar-refractivity contribution in [2.75, 3.05) is 19.6 Å². The van der Waals surface area contributed by atoms with Crippen molar-refractivity contribution in [3.05, 3.63) is 18.0 Å². The number of piperidine rings is 1. The van der Waals surface area contributed by atoms with Crippen LogP contribution in [0.15, 0.2) is 12.3 Å². The van der Waals surface area contributed by atoms with Gasteiger partial charge in [0.25, 0.3) is 0 Å². The molecule has 0 aromatic carbocycles. The number of hydrogen-bond donors (Lipinski definition) is 1. The average molecular weight is 322 g/mol. The van der Waals surface area contributed by atoms with Crippen molar-refractivity contribution in [1.82, 2.24) is 20.0 Å². The zero-order valence-electron chi connectivity index (χ0n) is 15.1. The molecule has 0 aliphatic carbocycles. The quantitative estimate of drug-likeness (QED) is 0.925. The Morgan fingerprint density at radius 2 is 2.22 bits per heavy atom. The van der Waals surface area contributed by atoms with Crippen LogP contribution in [0.1, 0.15) is 46.2 Å². The second-order valence-electron chi connectivity index (χ2n) is 7.87. The lowest BCUT2D eigenvalue weighted by atomic mass is 9.82. The SMILES string of the molecule is Cn1nccc1CNCC1(C)CCCN(C(=O)OC(C)(C)C)C1. The molecule has 6 nitrogen and oxygen atoms in total. The van der Waals surface area contributed by atoms with Gasteiger partial charge in [0.2, 0.25) is 0 Å². The minimum absolute atomic E-state index is 0.0771. The molecule has 0 bridgehead atoms. The second kappa shape index (κ2) is 6.91. The van der Waals surface area contributed by atoms with Gasteiger partial charge in [-0.25, -0.2) is 4.79 Å². The first-order valence-corrected chi connectivity index (χ1v) is 8.34. The third-order valence-electron chi connectivity index (χ3n) is 4.21. The standard InChI is InChI=1S/C17H30N4O2/c1-16(2,3)23-15(22)21-10-6-8-17(4,13-21)12-18-11-14-7-9-19-20(14)5/h7,9,18H,6,8,10-13H2,1-5H3. The summed E-state index contributed by atoms with van der Waals surface area (Å²) in [6.45, 7) is 11.1. The molecule has 0 saturated carbocycles. The van der Waals surface area contributed by atoms with Gasteiger partial charge in [-0.2, -0.15) is 5.10 Å². The van der Waals surface area contributed by atoms with Crippen molar-refractivity contribution in [1.29, 1.82) is 0 Å². The molecule has 6 heteroatoms. The number of aryl methyl sites for hydroxylation is 1. The molecule has 1 atom stereocenters. The number of nitrogens with one attached hydrogen (secondary N) is 1. The van der Waals surface area contributed by atoms with E-state index in [1.807, 2.05) is 49.7 Å². The zero-order chi connectivity index (χ0) is 17.1. The van der Waals surface area contributed by atoms with E-state index in [1.165, 1.54) is 0 Å². The van der Waals surface area contributed by atoms with Gasteiger partial charge in [-0.15, -0.1) is 0 Å². The summed E-state index contributed by atoms with van der Waals surface area (Å²) in [5.74, 6) is 0. The number of hydrogen-bond acceptors (Lipinski definition) is 4. The van der Waals surface area contributed by atoms with Crippen LogP contribution in [0.25, 0.3) is 0 Å². The molecule has 1 aromatic heterocycles. The van der Waals surface area contributed by atoms with E-state index in [2.05, 4.69) is 17.3 Å². The molecule has 1 aliphatic rings. The van der Waals surface area contributed by atoms with Crippen molar-refractivity contribution in [3.8, 4) is 0 Å². The van der Waals surface area contributed by atoms with Crippen LogP contribution in [0.2, 0.25) is 0 Å². The number of likely N-dealkylation sites (tertiary alicyclic amines) is 1. The molecule has 130 valence electrons. The van der Waals surface area contributed by atoms with Crippen molar-refractivity contribution < 1.29 is 9.53 Å². The normalized spacial score (nSPS) is 22.2. The molecule has 2 heterocycles. The van der Waals surface area contributed by atoms with Gasteiger partial charge in [-0.1, -0.05) is 6.92 Å². The first kappa shape index (κ1) is 17.8. The van der Waals surface area contributed by atoms with Crippen LogP contribution in [0, 0.1) is 5.41 Å². The van der Waals surface area contributed by atoms with Crippen molar-refractivity contribution in [2.24, 2.45) is 12.5 Å². The Bertz CT molecular complexity index is 535. The van der Waals surface area contributed by atoms with E-state index in [0.29, 0.717) is 0 Å². The van der Waals surface area contributed by atoms with Crippen LogP contribution in [0.4, 0.5) is 4.79 Å². The third kappa shape index (κ3) is 5.23. The van der Waals surface area contributed by atoms with Gasteiger partial charge in [0.15, 0.2) is 0 Å². The van der Waals surface area contributed by atoms with E-state index in [4.69, 9.17) is 4.74 Å². The van der Waals surface area contributed by atoms with Gasteiger partial charge in [0.1, 0.15) is 5.60 Å². The molecule has 0 radical (unpaired) electrons. The monoisotopic (exact) mass is 322 g/mol. The fourth-order valence-electron chi connectivity index (χ4n) is 3.01. The van der Waals surface area contributed by atoms with E-state index < -0.39 is 5.60 Å². The first-order chi connectivity index (χ1) is 10.7. The molecule has 1 aliphatic heterocycles. The second-order valence-corrected chi connectivity index (χ2v) is 7.87. The number of rotatable bonds is 4. The summed E-state index contributed by atoms with van der Waals surface area (Å²) in [4.78, 5) is 14.1. The van der Waals surface area contributed by atoms with Gasteiger partial charge in [-0.3, -0.25) is 4.68 Å². The summed E-state index contributed by atoms with van der Waals surface area (Å²) in [5, 5.41) is 7.68. The highest BCUT2D eigenvalue weighted by Gasteiger charge is 2.34. The van der Waals surface area contributed by atoms with E-state index in [-0.39, 0.29) is 11.5 Å². The Balaban J connectivity index is 1.86. The molecule has 1 amide bonds. The third-order valence-corrected chi connectivity index (χ3v) is 4.21. The average Bonchev–Trinajstić information content (AvgIpc) is 2.82. The highest BCUT2D eigenvalue weighted by Crippen LogP contribution is 2.29. The zero-order valence-corrected chi connectivity index (χ0v) is 15.1. The molecule has 1 unspecified atom stereocenters. The minimum atomic E-state index is -0.442. The summed E-state index contributed by atoms with van der Waals surface area (Å²) >= 11 is 0. The van der Waals surface area contributed by atoms with E-state index in [1.54, 1.807) is 0 Å². The lowest BCUT2D eigenvalue weighted by molar-refractivity contribution is 0.00674. The topological polar surface area (TPSA) is 59.4 Å². The van der Waals surface area contributed by atoms with Gasteiger partial charge >= 0.3 is 6.09 Å². The van der Waals surface area contributed by atoms with Gasteiger partial charge < -0.3 is 15.0 Å². The predicted octanol–water partition coefficient (Wildman–Crippen LogP) is 2.55. The smallest absolute Gasteiger partial charge is 0.410 e. The fourth-order valence-corrected chi connectivity index (χ4v) is 3.01. The summed E-state index contributed by atoms with van der Waals surface area (Å²) in [5.41, 5.74) is 0.796. The lowest BCUT2D eigenvalue weighted by Gasteiger charge is -2.41. The van der Waals surface area contributed by atoms with E-state index in [9.17, 15) is 4.79 Å². The summed E-state index contributed by atoms with van der Waals surface area (Å²) in [6, 6.07) is 2.02. The lowest BCUT2D eigenvalue weighted by Crippen LogP contribution is -2.50. The maximum atomic E-state index is 12.3. The number of carbonyl (C=O) groups excluding carboxylic acids is 1. The molecule has 1 saturated heterocycles. The Morgan fingerprint density at radius 1 is 1.48 bits per heavy atom. The molecule has 1 aromatic rings. The Kier molecular flexibility index (Phi) is 5.34. The molecule has 0 spiro atoms. The van der Waals surface area contributed by atoms with Crippen LogP contribution in [0.5, 0.6) is 0 Å². The summed E-state index contributed by atoms with van der Waals surface area (Å²) in [7, 11) is 1.95. The highest BCUT2D eigenvalue weighted by atomic mass is 16.6. The van der Waals surface area contributed by atoms with Crippen molar-refractivity contribution in [2.45, 2.75) is 52.7 Å². The minimum Gasteiger partial charge on any atom is -0.444 e. The van der Waals surface area contributed by atoms with E-state index >= 15 is 0 Å². The Labute approximate surface area is 139 Å². The number of carbonyl (C=O) groups is 1. The Hall–Kier alpha value is -1.56. The van der Waals surface area contributed by atoms with E-state index in [0.717, 1.165) is 44.7 Å². The Morgan fingerprint density at radius 3 is 2.83 bits per heavy atom. The first-order valence-electron chi connectivity index (χ1n) is 8.34. The molecule has 1 fully saturated rings. The maximum absolute atomic E-state index is 12.3. The van der Waals surface area contributed by atoms with Crippen LogP contribution in [-0.2, 0) is 18.3 Å². The van der Waals surface area contributed by atoms with Crippen molar-refractivity contribution in [3.63, 3.8) is 0 Å². The number of aromatic nitrogens is 2. The molecule has 23 heavy (non-hydrogen) atoms. The van der Waals surface area contributed by atoms with Gasteiger partial charge in [-0.05, 0) is 45.1 Å². The van der Waals surface area contributed by atoms with Crippen LogP contribution < -0.4 is 5.32 Å². The number of nitrogens with zero attached hydrogens (tertiary/aromatic N) is 3. The van der Waals surface area contributed by atoms with Crippen molar-refractivity contribution >= 4 is 6.09 Å². The largest absolute Gasteiger partial charge is 0.444 e. The maximum Gasteiger partial charge on any atom is 0.410 e. The van der Waals surface area contributed by atoms with Crippen LogP contribution in [0.3, 0.4) is 0 Å². The molecular weight excluding hydrogens is 292 g/mol. The summed E-state index contributed by atoms with van der Waals surface area (Å²) in [6.07, 6.45) is 3.74. The van der Waals surface area contributed by atoms with Crippen LogP contribution in [-0.4, -0.2) is 46.0 Å². The molecule has 1 N–H and O–H groups in total. The molecule has 2 rings (SSSR count). The summed E-state index contributed by atoms with van der Waals surface area (Å²) < 4.78 is 7.38. The predicted molar refractivity (Wildman–Crippen MR) is 90.1 cm³/mol. The highest BCUT2D eigenvalue weighted by molar-refractivity contribution is 5.68.